The fourth-order valence-corrected chi connectivity index (χ4v) is 6.27. The van der Waals surface area contributed by atoms with Gasteiger partial charge < -0.3 is 21.5 Å². The molecule has 3 atom stereocenters. The van der Waals surface area contributed by atoms with Crippen LogP contribution in [0.1, 0.15) is 6.42 Å². The van der Waals surface area contributed by atoms with E-state index in [9.17, 15) is 26.3 Å². The Kier molecular flexibility index (Phi) is 7.62. The Morgan fingerprint density at radius 3 is 2.58 bits per heavy atom. The molecule has 1 aliphatic rings. The predicted octanol–water partition coefficient (Wildman–Crippen LogP) is -2.76. The van der Waals surface area contributed by atoms with Gasteiger partial charge in [-0.3, -0.25) is 0 Å². The summed E-state index contributed by atoms with van der Waals surface area (Å²) in [6, 6.07) is 2.36. The molecule has 14 nitrogen and oxygen atoms in total. The summed E-state index contributed by atoms with van der Waals surface area (Å²) in [7, 11) is -9.16. The topological polar surface area (TPSA) is 236 Å². The number of aliphatic hydroxyl groups is 1. The van der Waals surface area contributed by atoms with Crippen LogP contribution in [0, 0.1) is 5.92 Å². The summed E-state index contributed by atoms with van der Waals surface area (Å²) in [4.78, 5) is 0.0815. The van der Waals surface area contributed by atoms with Crippen LogP contribution in [0.15, 0.2) is 21.9 Å². The summed E-state index contributed by atoms with van der Waals surface area (Å²) in [6.07, 6.45) is -2.09. The standard InChI is InChI=1S/C16H26FN9O5S2/c17-11-8-26(4-3-9(11)5-18)12-1-2-13(33(30,31)21-7-10(27)6-19)15(32(20,28)29)14(12)16-22-24-25-23-16/h1-2,9-11,21,27H,3-8,18-19H2,(H2,20,28,29)(H,22,23,24,25)/t9?,10-,11+/m1/s1. The first-order valence-corrected chi connectivity index (χ1v) is 12.9. The van der Waals surface area contributed by atoms with Crippen molar-refractivity contribution in [2.45, 2.75) is 28.5 Å². The van der Waals surface area contributed by atoms with Crippen LogP contribution in [0.2, 0.25) is 0 Å². The quantitative estimate of drug-likeness (QED) is 0.203. The maximum Gasteiger partial charge on any atom is 0.242 e. The van der Waals surface area contributed by atoms with Crippen LogP contribution in [0.3, 0.4) is 0 Å². The minimum atomic E-state index is -4.68. The van der Waals surface area contributed by atoms with Crippen molar-refractivity contribution in [1.82, 2.24) is 25.3 Å². The van der Waals surface area contributed by atoms with E-state index in [1.54, 1.807) is 4.90 Å². The van der Waals surface area contributed by atoms with Gasteiger partial charge in [-0.25, -0.2) is 31.1 Å². The number of alkyl halides is 1. The van der Waals surface area contributed by atoms with Crippen molar-refractivity contribution < 1.29 is 26.3 Å². The third kappa shape index (κ3) is 5.45. The molecule has 1 aliphatic heterocycles. The number of aliphatic hydroxyl groups excluding tert-OH is 1. The van der Waals surface area contributed by atoms with E-state index in [1.165, 1.54) is 6.07 Å². The lowest BCUT2D eigenvalue weighted by molar-refractivity contribution is 0.186. The summed E-state index contributed by atoms with van der Waals surface area (Å²) < 4.78 is 67.8. The predicted molar refractivity (Wildman–Crippen MR) is 116 cm³/mol. The smallest absolute Gasteiger partial charge is 0.242 e. The van der Waals surface area contributed by atoms with Gasteiger partial charge in [0.2, 0.25) is 25.9 Å². The van der Waals surface area contributed by atoms with Crippen LogP contribution in [0.4, 0.5) is 10.1 Å². The SMILES string of the molecule is NCC1CCN(c2ccc(S(=O)(=O)NC[C@H](O)CN)c(S(N)(=O)=O)c2-c2nn[nH]n2)C[C@@H]1F. The molecule has 1 aromatic carbocycles. The molecule has 1 unspecified atom stereocenters. The van der Waals surface area contributed by atoms with Gasteiger partial charge in [-0.05, 0) is 30.3 Å². The van der Waals surface area contributed by atoms with E-state index in [2.05, 4.69) is 25.3 Å². The number of nitrogens with one attached hydrogen (secondary N) is 2. The Bertz CT molecular complexity index is 1180. The summed E-state index contributed by atoms with van der Waals surface area (Å²) in [5.74, 6) is -0.602. The van der Waals surface area contributed by atoms with Gasteiger partial charge in [0.05, 0.1) is 11.7 Å². The zero-order valence-corrected chi connectivity index (χ0v) is 19.1. The fourth-order valence-electron chi connectivity index (χ4n) is 3.60. The summed E-state index contributed by atoms with van der Waals surface area (Å²) in [5, 5.41) is 28.2. The number of anilines is 1. The van der Waals surface area contributed by atoms with Crippen LogP contribution in [-0.2, 0) is 20.0 Å². The molecular weight excluding hydrogens is 481 g/mol. The van der Waals surface area contributed by atoms with E-state index in [0.29, 0.717) is 13.0 Å². The lowest BCUT2D eigenvalue weighted by Crippen LogP contribution is -2.44. The molecule has 0 bridgehead atoms. The minimum Gasteiger partial charge on any atom is -0.390 e. The van der Waals surface area contributed by atoms with Gasteiger partial charge in [0.25, 0.3) is 0 Å². The normalized spacial score (nSPS) is 20.7. The van der Waals surface area contributed by atoms with Crippen LogP contribution >= 0.6 is 0 Å². The maximum atomic E-state index is 14.6. The highest BCUT2D eigenvalue weighted by atomic mass is 32.2. The Balaban J connectivity index is 2.20. The van der Waals surface area contributed by atoms with Crippen molar-refractivity contribution in [2.75, 3.05) is 37.6 Å². The second-order valence-electron chi connectivity index (χ2n) is 7.56. The number of tetrazole rings is 1. The van der Waals surface area contributed by atoms with E-state index in [4.69, 9.17) is 16.6 Å². The monoisotopic (exact) mass is 507 g/mol. The average molecular weight is 508 g/mol. The number of nitrogens with zero attached hydrogens (tertiary/aromatic N) is 4. The van der Waals surface area contributed by atoms with Crippen molar-refractivity contribution >= 4 is 25.7 Å². The number of hydrogen-bond donors (Lipinski definition) is 6. The summed E-state index contributed by atoms with van der Waals surface area (Å²) in [5.41, 5.74) is 10.8. The van der Waals surface area contributed by atoms with Gasteiger partial charge >= 0.3 is 0 Å². The molecule has 17 heteroatoms. The molecule has 2 aromatic rings. The highest BCUT2D eigenvalue weighted by Crippen LogP contribution is 2.39. The second kappa shape index (κ2) is 9.92. The van der Waals surface area contributed by atoms with Gasteiger partial charge in [-0.2, -0.15) is 5.21 Å². The van der Waals surface area contributed by atoms with E-state index < -0.39 is 48.7 Å². The lowest BCUT2D eigenvalue weighted by atomic mass is 9.94. The lowest BCUT2D eigenvalue weighted by Gasteiger charge is -2.36. The average Bonchev–Trinajstić information content (AvgIpc) is 3.30. The minimum absolute atomic E-state index is 0.107. The Morgan fingerprint density at radius 2 is 2.03 bits per heavy atom. The Labute approximate surface area is 189 Å². The van der Waals surface area contributed by atoms with Crippen molar-refractivity contribution in [1.29, 1.82) is 0 Å². The molecule has 3 rings (SSSR count). The number of benzene rings is 1. The van der Waals surface area contributed by atoms with Crippen LogP contribution in [-0.4, -0.2) is 87.6 Å². The first-order valence-electron chi connectivity index (χ1n) is 9.90. The van der Waals surface area contributed by atoms with Crippen molar-refractivity contribution in [2.24, 2.45) is 22.5 Å². The molecule has 33 heavy (non-hydrogen) atoms. The number of H-pyrrole nitrogens is 1. The molecule has 0 radical (unpaired) electrons. The number of primary sulfonamides is 1. The van der Waals surface area contributed by atoms with Gasteiger partial charge in [-0.1, -0.05) is 0 Å². The van der Waals surface area contributed by atoms with Crippen LogP contribution in [0.25, 0.3) is 11.4 Å². The molecule has 0 amide bonds. The molecule has 0 aliphatic carbocycles. The van der Waals surface area contributed by atoms with E-state index >= 15 is 0 Å². The second-order valence-corrected chi connectivity index (χ2v) is 10.8. The fraction of sp³-hybridized carbons (Fsp3) is 0.562. The molecular formula is C16H26FN9O5S2. The highest BCUT2D eigenvalue weighted by Gasteiger charge is 2.35. The molecule has 1 fully saturated rings. The zero-order valence-electron chi connectivity index (χ0n) is 17.4. The molecule has 2 heterocycles. The Hall–Kier alpha value is -2.28. The number of rotatable bonds is 9. The summed E-state index contributed by atoms with van der Waals surface area (Å²) >= 11 is 0. The number of nitrogens with two attached hydrogens (primary N) is 3. The van der Waals surface area contributed by atoms with Crippen molar-refractivity contribution in [3.05, 3.63) is 12.1 Å². The van der Waals surface area contributed by atoms with Gasteiger partial charge in [0.15, 0.2) is 0 Å². The third-order valence-corrected chi connectivity index (χ3v) is 7.93. The van der Waals surface area contributed by atoms with E-state index in [0.717, 1.165) is 6.07 Å². The molecule has 9 N–H and O–H groups in total. The van der Waals surface area contributed by atoms with Crippen LogP contribution in [0.5, 0.6) is 0 Å². The van der Waals surface area contributed by atoms with E-state index in [-0.39, 0.29) is 42.6 Å². The largest absolute Gasteiger partial charge is 0.390 e. The van der Waals surface area contributed by atoms with Crippen LogP contribution < -0.4 is 26.2 Å². The number of aromatic amines is 1. The first kappa shape index (κ1) is 25.3. The number of hydrogen-bond acceptors (Lipinski definition) is 11. The summed E-state index contributed by atoms with van der Waals surface area (Å²) in [6.45, 7) is -0.306. The third-order valence-electron chi connectivity index (χ3n) is 5.34. The molecule has 184 valence electrons. The molecule has 1 aromatic heterocycles. The first-order chi connectivity index (χ1) is 15.5. The molecule has 0 saturated carbocycles. The number of halogens is 1. The molecule has 0 spiro atoms. The number of sulfonamides is 2. The van der Waals surface area contributed by atoms with Crippen molar-refractivity contribution in [3.63, 3.8) is 0 Å². The number of piperidine rings is 1. The Morgan fingerprint density at radius 1 is 1.30 bits per heavy atom. The molecule has 1 saturated heterocycles. The van der Waals surface area contributed by atoms with Crippen molar-refractivity contribution in [3.8, 4) is 11.4 Å². The highest BCUT2D eigenvalue weighted by molar-refractivity contribution is 7.92. The van der Waals surface area contributed by atoms with Gasteiger partial charge in [-0.15, -0.1) is 10.2 Å². The van der Waals surface area contributed by atoms with E-state index in [1.807, 2.05) is 0 Å². The number of aromatic nitrogens is 4. The maximum absolute atomic E-state index is 14.6. The zero-order chi connectivity index (χ0) is 24.4. The van der Waals surface area contributed by atoms with Gasteiger partial charge in [0, 0.05) is 37.8 Å². The van der Waals surface area contributed by atoms with Gasteiger partial charge in [0.1, 0.15) is 16.0 Å².